The monoisotopic (exact) mass is 829 g/mol. The van der Waals surface area contributed by atoms with Crippen LogP contribution in [0, 0.1) is 11.8 Å². The number of amides is 1. The van der Waals surface area contributed by atoms with Crippen LogP contribution in [0.5, 0.6) is 5.75 Å². The Kier molecular flexibility index (Phi) is 19.2. The Hall–Kier alpha value is -3.59. The molecule has 3 aromatic rings. The van der Waals surface area contributed by atoms with Gasteiger partial charge in [-0.2, -0.15) is 4.31 Å². The van der Waals surface area contributed by atoms with Gasteiger partial charge in [-0.05, 0) is 79.3 Å². The van der Waals surface area contributed by atoms with Gasteiger partial charge in [0.25, 0.3) is 0 Å². The Morgan fingerprint density at radius 1 is 1.00 bits per heavy atom. The summed E-state index contributed by atoms with van der Waals surface area (Å²) in [6.45, 7) is 7.80. The molecule has 0 spiro atoms. The molecule has 2 aliphatic rings. The summed E-state index contributed by atoms with van der Waals surface area (Å²) < 4.78 is 64.8. The summed E-state index contributed by atoms with van der Waals surface area (Å²) in [6, 6.07) is 24.8. The molecular weight excluding hydrogens is 770 g/mol. The Labute approximate surface area is 338 Å². The summed E-state index contributed by atoms with van der Waals surface area (Å²) >= 11 is 0. The molecule has 1 saturated heterocycles. The number of carbonyl (C=O) groups is 1. The van der Waals surface area contributed by atoms with E-state index in [1.165, 1.54) is 23.5 Å². The summed E-state index contributed by atoms with van der Waals surface area (Å²) in [7, 11) is -5.83. The van der Waals surface area contributed by atoms with E-state index in [4.69, 9.17) is 23.6 Å². The standard InChI is InChI=1S/C36H48N3O8PS.C6H12O2/c1-29(2)25-39(49(43,44)35-16-14-34(45-3)15-17-35)23-20-33(37-36(40)41)24-30-18-21-38(22-19-30)28-48(42,46-26-31-10-6-4-7-11-31)47-27-32-12-8-5-9-13-32;7-3-1-6-2-4-8-5-6/h4-18,29,33,37H,19-28H2,1-3H3,(H,40,41);6-7H,1-5H2/t33-;6-/m10/s1. The van der Waals surface area contributed by atoms with Gasteiger partial charge in [-0.1, -0.05) is 86.2 Å². The predicted molar refractivity (Wildman–Crippen MR) is 221 cm³/mol. The van der Waals surface area contributed by atoms with Crippen LogP contribution < -0.4 is 10.1 Å². The van der Waals surface area contributed by atoms with Crippen LogP contribution in [0.2, 0.25) is 0 Å². The maximum atomic E-state index is 14.0. The van der Waals surface area contributed by atoms with Crippen LogP contribution in [-0.4, -0.2) is 99.4 Å². The van der Waals surface area contributed by atoms with Crippen molar-refractivity contribution in [1.82, 2.24) is 14.5 Å². The lowest BCUT2D eigenvalue weighted by atomic mass is 9.98. The number of rotatable bonds is 21. The van der Waals surface area contributed by atoms with Gasteiger partial charge in [0.15, 0.2) is 0 Å². The van der Waals surface area contributed by atoms with Gasteiger partial charge in [0, 0.05) is 52.0 Å². The number of methoxy groups -OCH3 is 1. The van der Waals surface area contributed by atoms with E-state index < -0.39 is 29.8 Å². The summed E-state index contributed by atoms with van der Waals surface area (Å²) in [5.41, 5.74) is 2.84. The van der Waals surface area contributed by atoms with E-state index in [1.54, 1.807) is 12.1 Å². The van der Waals surface area contributed by atoms with Crippen molar-refractivity contribution in [2.75, 3.05) is 59.4 Å². The van der Waals surface area contributed by atoms with Crippen molar-refractivity contribution in [2.24, 2.45) is 11.8 Å². The molecule has 0 bridgehead atoms. The van der Waals surface area contributed by atoms with Gasteiger partial charge < -0.3 is 34.1 Å². The maximum Gasteiger partial charge on any atom is 0.404 e. The molecule has 0 aromatic heterocycles. The molecule has 0 saturated carbocycles. The molecule has 314 valence electrons. The summed E-state index contributed by atoms with van der Waals surface area (Å²) in [6.07, 6.45) is 4.40. The van der Waals surface area contributed by atoms with Gasteiger partial charge in [-0.3, -0.25) is 9.46 Å². The van der Waals surface area contributed by atoms with Crippen LogP contribution in [0.1, 0.15) is 57.1 Å². The van der Waals surface area contributed by atoms with Crippen molar-refractivity contribution in [2.45, 2.75) is 70.1 Å². The van der Waals surface area contributed by atoms with Gasteiger partial charge in [0.05, 0.1) is 25.2 Å². The third kappa shape index (κ3) is 16.3. The number of aliphatic hydroxyl groups is 1. The van der Waals surface area contributed by atoms with Crippen molar-refractivity contribution >= 4 is 23.7 Å². The molecule has 1 amide bonds. The summed E-state index contributed by atoms with van der Waals surface area (Å²) in [5, 5.41) is 20.7. The number of carboxylic acid groups (broad SMARTS) is 1. The number of ether oxygens (including phenoxy) is 2. The van der Waals surface area contributed by atoms with Crippen molar-refractivity contribution in [3.63, 3.8) is 0 Å². The van der Waals surface area contributed by atoms with E-state index >= 15 is 0 Å². The molecule has 15 heteroatoms. The maximum absolute atomic E-state index is 14.0. The molecule has 2 aliphatic heterocycles. The fraction of sp³-hybridized carbons (Fsp3) is 0.500. The van der Waals surface area contributed by atoms with Gasteiger partial charge in [0.1, 0.15) is 12.0 Å². The molecule has 2 heterocycles. The topological polar surface area (TPSA) is 164 Å². The fourth-order valence-corrected chi connectivity index (χ4v) is 9.84. The Morgan fingerprint density at radius 3 is 2.12 bits per heavy atom. The number of nitrogens with one attached hydrogen (secondary N) is 1. The second-order valence-corrected chi connectivity index (χ2v) is 18.7. The third-order valence-electron chi connectivity index (χ3n) is 9.69. The lowest BCUT2D eigenvalue weighted by Gasteiger charge is -2.31. The zero-order valence-electron chi connectivity index (χ0n) is 33.4. The lowest BCUT2D eigenvalue weighted by Crippen LogP contribution is -2.41. The van der Waals surface area contributed by atoms with Crippen molar-refractivity contribution < 1.29 is 46.5 Å². The van der Waals surface area contributed by atoms with E-state index in [-0.39, 0.29) is 36.9 Å². The number of hydrogen-bond donors (Lipinski definition) is 3. The number of aliphatic hydroxyl groups excluding tert-OH is 1. The molecule has 13 nitrogen and oxygen atoms in total. The highest BCUT2D eigenvalue weighted by atomic mass is 32.2. The third-order valence-corrected chi connectivity index (χ3v) is 13.4. The highest BCUT2D eigenvalue weighted by Gasteiger charge is 2.31. The quantitative estimate of drug-likeness (QED) is 0.0725. The molecule has 2 atom stereocenters. The Bertz CT molecular complexity index is 1760. The Morgan fingerprint density at radius 2 is 1.63 bits per heavy atom. The van der Waals surface area contributed by atoms with E-state index in [2.05, 4.69) is 5.32 Å². The van der Waals surface area contributed by atoms with E-state index in [0.29, 0.717) is 57.2 Å². The van der Waals surface area contributed by atoms with Gasteiger partial charge in [-0.25, -0.2) is 13.2 Å². The highest BCUT2D eigenvalue weighted by molar-refractivity contribution is 7.89. The van der Waals surface area contributed by atoms with E-state index in [0.717, 1.165) is 42.8 Å². The van der Waals surface area contributed by atoms with E-state index in [9.17, 15) is 22.9 Å². The normalized spacial score (nSPS) is 16.8. The van der Waals surface area contributed by atoms with Crippen LogP contribution in [-0.2, 0) is 41.6 Å². The SMILES string of the molecule is COc1ccc(S(=O)(=O)N(CC[C@H](CC2=CCN(CP(=O)(OCc3ccccc3)OCc3ccccc3)CC2)NC(=O)O)CC(C)C)cc1.OCC[C@H]1CCOC1. The van der Waals surface area contributed by atoms with Gasteiger partial charge in [-0.15, -0.1) is 0 Å². The van der Waals surface area contributed by atoms with Crippen molar-refractivity contribution in [1.29, 1.82) is 0 Å². The summed E-state index contributed by atoms with van der Waals surface area (Å²) in [4.78, 5) is 13.9. The van der Waals surface area contributed by atoms with E-state index in [1.807, 2.05) is 85.5 Å². The fourth-order valence-electron chi connectivity index (χ4n) is 6.55. The largest absolute Gasteiger partial charge is 0.497 e. The number of benzene rings is 3. The molecule has 0 aliphatic carbocycles. The zero-order valence-corrected chi connectivity index (χ0v) is 35.1. The minimum Gasteiger partial charge on any atom is -0.497 e. The molecule has 1 fully saturated rings. The van der Waals surface area contributed by atoms with Crippen LogP contribution in [0.25, 0.3) is 0 Å². The smallest absolute Gasteiger partial charge is 0.404 e. The van der Waals surface area contributed by atoms with Crippen molar-refractivity contribution in [3.05, 3.63) is 108 Å². The zero-order chi connectivity index (χ0) is 41.1. The average molecular weight is 830 g/mol. The molecule has 0 unspecified atom stereocenters. The second kappa shape index (κ2) is 23.7. The average Bonchev–Trinajstić information content (AvgIpc) is 3.73. The Balaban J connectivity index is 0.000000800. The first-order chi connectivity index (χ1) is 27.4. The molecule has 3 aromatic carbocycles. The molecule has 57 heavy (non-hydrogen) atoms. The number of hydrogen-bond acceptors (Lipinski definition) is 10. The van der Waals surface area contributed by atoms with Crippen molar-refractivity contribution in [3.8, 4) is 5.75 Å². The molecule has 0 radical (unpaired) electrons. The van der Waals surface area contributed by atoms with Gasteiger partial charge in [0.2, 0.25) is 10.0 Å². The molecule has 3 N–H and O–H groups in total. The van der Waals surface area contributed by atoms with Crippen LogP contribution in [0.3, 0.4) is 0 Å². The number of nitrogens with zero attached hydrogens (tertiary/aromatic N) is 2. The van der Waals surface area contributed by atoms with Gasteiger partial charge >= 0.3 is 13.7 Å². The second-order valence-electron chi connectivity index (χ2n) is 14.8. The molecule has 5 rings (SSSR count). The number of sulfonamides is 1. The van der Waals surface area contributed by atoms with Crippen LogP contribution in [0.15, 0.2) is 101 Å². The summed E-state index contributed by atoms with van der Waals surface area (Å²) in [5.74, 6) is 1.26. The minimum atomic E-state index is -3.82. The lowest BCUT2D eigenvalue weighted by molar-refractivity contribution is 0.173. The van der Waals surface area contributed by atoms with Crippen LogP contribution in [0.4, 0.5) is 4.79 Å². The first-order valence-electron chi connectivity index (χ1n) is 19.6. The molecular formula is C42H60N3O10PS. The predicted octanol–water partition coefficient (Wildman–Crippen LogP) is 7.38. The van der Waals surface area contributed by atoms with Crippen LogP contribution >= 0.6 is 7.60 Å². The first kappa shape index (κ1) is 46.1. The highest BCUT2D eigenvalue weighted by Crippen LogP contribution is 2.50. The minimum absolute atomic E-state index is 0.0651. The first-order valence-corrected chi connectivity index (χ1v) is 22.7.